The number of amides is 1. The highest BCUT2D eigenvalue weighted by atomic mass is 19.1. The van der Waals surface area contributed by atoms with Crippen LogP contribution in [0.2, 0.25) is 0 Å². The van der Waals surface area contributed by atoms with Crippen LogP contribution in [0.25, 0.3) is 22.2 Å². The Labute approximate surface area is 183 Å². The zero-order valence-corrected chi connectivity index (χ0v) is 17.6. The van der Waals surface area contributed by atoms with Gasteiger partial charge in [-0.1, -0.05) is 6.07 Å². The molecule has 2 aromatic carbocycles. The van der Waals surface area contributed by atoms with Gasteiger partial charge in [-0.05, 0) is 47.9 Å². The molecule has 1 fully saturated rings. The Kier molecular flexibility index (Phi) is 4.65. The third kappa shape index (κ3) is 3.28. The molecule has 1 unspecified atom stereocenters. The van der Waals surface area contributed by atoms with Crippen LogP contribution in [0.3, 0.4) is 0 Å². The lowest BCUT2D eigenvalue weighted by Gasteiger charge is -2.19. The van der Waals surface area contributed by atoms with Crippen LogP contribution < -0.4 is 10.6 Å². The minimum atomic E-state index is -0.635. The summed E-state index contributed by atoms with van der Waals surface area (Å²) in [6.45, 7) is 2.34. The van der Waals surface area contributed by atoms with E-state index in [0.29, 0.717) is 17.9 Å². The largest absolute Gasteiger partial charge is 0.383 e. The lowest BCUT2D eigenvalue weighted by Crippen LogP contribution is -2.24. The highest BCUT2D eigenvalue weighted by molar-refractivity contribution is 6.02. The quantitative estimate of drug-likeness (QED) is 0.522. The summed E-state index contributed by atoms with van der Waals surface area (Å²) in [6.07, 6.45) is 3.62. The van der Waals surface area contributed by atoms with E-state index in [1.165, 1.54) is 18.5 Å². The van der Waals surface area contributed by atoms with E-state index in [0.717, 1.165) is 39.5 Å². The number of nitrogen functional groups attached to an aromatic ring is 1. The number of hydrogen-bond donors (Lipinski definition) is 1. The van der Waals surface area contributed by atoms with Crippen molar-refractivity contribution in [2.75, 3.05) is 17.2 Å². The van der Waals surface area contributed by atoms with Gasteiger partial charge >= 0.3 is 0 Å². The molecular formula is C24H21F2N5O. The van der Waals surface area contributed by atoms with Crippen molar-refractivity contribution in [2.24, 2.45) is 7.05 Å². The highest BCUT2D eigenvalue weighted by Crippen LogP contribution is 2.37. The van der Waals surface area contributed by atoms with E-state index in [1.54, 1.807) is 4.90 Å². The molecule has 32 heavy (non-hydrogen) atoms. The zero-order chi connectivity index (χ0) is 22.6. The van der Waals surface area contributed by atoms with Crippen LogP contribution in [-0.2, 0) is 11.8 Å². The number of nitrogens with two attached hydrogens (primary N) is 1. The Morgan fingerprint density at radius 3 is 2.53 bits per heavy atom. The summed E-state index contributed by atoms with van der Waals surface area (Å²) in [7, 11) is 1.90. The van der Waals surface area contributed by atoms with Crippen LogP contribution in [-0.4, -0.2) is 27.0 Å². The van der Waals surface area contributed by atoms with Gasteiger partial charge in [-0.2, -0.15) is 0 Å². The third-order valence-electron chi connectivity index (χ3n) is 6.08. The van der Waals surface area contributed by atoms with E-state index in [2.05, 4.69) is 9.97 Å². The summed E-state index contributed by atoms with van der Waals surface area (Å²) in [6, 6.07) is 9.21. The Morgan fingerprint density at radius 2 is 1.81 bits per heavy atom. The fourth-order valence-corrected chi connectivity index (χ4v) is 4.55. The molecule has 2 aromatic heterocycles. The van der Waals surface area contributed by atoms with Gasteiger partial charge in [0.2, 0.25) is 5.91 Å². The molecule has 8 heteroatoms. The highest BCUT2D eigenvalue weighted by Gasteiger charge is 2.32. The van der Waals surface area contributed by atoms with Crippen LogP contribution in [0.15, 0.2) is 48.9 Å². The van der Waals surface area contributed by atoms with Crippen molar-refractivity contribution in [3.8, 4) is 11.1 Å². The molecule has 2 N–H and O–H groups in total. The third-order valence-corrected chi connectivity index (χ3v) is 6.08. The van der Waals surface area contributed by atoms with E-state index < -0.39 is 11.6 Å². The maximum Gasteiger partial charge on any atom is 0.227 e. The van der Waals surface area contributed by atoms with Crippen molar-refractivity contribution in [1.29, 1.82) is 0 Å². The standard InChI is InChI=1S/C24H21F2N5O/c1-13-5-18(31-10-15(8-21(31)32)14-6-16(25)9-17(26)7-14)3-4-19(13)20-11-30(2)24-22(20)23(27)28-12-29-24/h3-7,9,11-12,15H,8,10H2,1-2H3,(H2,27,28,29). The normalized spacial score (nSPS) is 16.3. The molecule has 0 aliphatic carbocycles. The van der Waals surface area contributed by atoms with E-state index >= 15 is 0 Å². The molecule has 1 aliphatic heterocycles. The number of benzene rings is 2. The molecule has 1 atom stereocenters. The van der Waals surface area contributed by atoms with Crippen molar-refractivity contribution < 1.29 is 13.6 Å². The predicted molar refractivity (Wildman–Crippen MR) is 119 cm³/mol. The molecule has 0 bridgehead atoms. The topological polar surface area (TPSA) is 77.0 Å². The van der Waals surface area contributed by atoms with Crippen molar-refractivity contribution >= 4 is 28.4 Å². The minimum absolute atomic E-state index is 0.0744. The Balaban J connectivity index is 1.48. The second kappa shape index (κ2) is 7.40. The average molecular weight is 433 g/mol. The summed E-state index contributed by atoms with van der Waals surface area (Å²) in [5.41, 5.74) is 11.0. The average Bonchev–Trinajstić information content (AvgIpc) is 3.28. The number of aryl methyl sites for hydroxylation is 2. The molecule has 162 valence electrons. The number of carbonyl (C=O) groups excluding carboxylic acids is 1. The van der Waals surface area contributed by atoms with Gasteiger partial charge in [-0.15, -0.1) is 0 Å². The summed E-state index contributed by atoms with van der Waals surface area (Å²) in [5, 5.41) is 0.788. The van der Waals surface area contributed by atoms with Crippen molar-refractivity contribution in [3.05, 3.63) is 71.7 Å². The van der Waals surface area contributed by atoms with Crippen LogP contribution >= 0.6 is 0 Å². The van der Waals surface area contributed by atoms with Gasteiger partial charge in [-0.3, -0.25) is 4.79 Å². The van der Waals surface area contributed by atoms with Crippen LogP contribution in [0, 0.1) is 18.6 Å². The van der Waals surface area contributed by atoms with E-state index in [9.17, 15) is 13.6 Å². The summed E-state index contributed by atoms with van der Waals surface area (Å²) in [5.74, 6) is -1.19. The second-order valence-corrected chi connectivity index (χ2v) is 8.22. The molecule has 0 radical (unpaired) electrons. The Bertz CT molecular complexity index is 1360. The van der Waals surface area contributed by atoms with E-state index in [4.69, 9.17) is 5.73 Å². The number of halogens is 2. The number of nitrogens with zero attached hydrogens (tertiary/aromatic N) is 4. The van der Waals surface area contributed by atoms with Crippen LogP contribution in [0.5, 0.6) is 0 Å². The molecule has 1 aliphatic rings. The first kappa shape index (κ1) is 20.1. The Hall–Kier alpha value is -3.81. The zero-order valence-electron chi connectivity index (χ0n) is 17.6. The molecule has 1 amide bonds. The fraction of sp³-hybridized carbons (Fsp3) is 0.208. The number of rotatable bonds is 3. The SMILES string of the molecule is Cc1cc(N2CC(c3cc(F)cc(F)c3)CC2=O)ccc1-c1cn(C)c2ncnc(N)c12. The summed E-state index contributed by atoms with van der Waals surface area (Å²) in [4.78, 5) is 22.8. The molecular weight excluding hydrogens is 412 g/mol. The summed E-state index contributed by atoms with van der Waals surface area (Å²) >= 11 is 0. The van der Waals surface area contributed by atoms with Gasteiger partial charge in [0.1, 0.15) is 29.4 Å². The molecule has 5 rings (SSSR count). The van der Waals surface area contributed by atoms with Gasteiger partial charge in [0.15, 0.2) is 0 Å². The van der Waals surface area contributed by atoms with E-state index in [-0.39, 0.29) is 18.2 Å². The van der Waals surface area contributed by atoms with Gasteiger partial charge < -0.3 is 15.2 Å². The Morgan fingerprint density at radius 1 is 1.06 bits per heavy atom. The van der Waals surface area contributed by atoms with Gasteiger partial charge in [-0.25, -0.2) is 18.7 Å². The lowest BCUT2D eigenvalue weighted by molar-refractivity contribution is -0.117. The van der Waals surface area contributed by atoms with Crippen molar-refractivity contribution in [2.45, 2.75) is 19.3 Å². The van der Waals surface area contributed by atoms with Gasteiger partial charge in [0.05, 0.1) is 5.39 Å². The molecule has 4 aromatic rings. The molecule has 6 nitrogen and oxygen atoms in total. The number of fused-ring (bicyclic) bond motifs is 1. The first-order valence-electron chi connectivity index (χ1n) is 10.2. The molecule has 3 heterocycles. The maximum atomic E-state index is 13.6. The predicted octanol–water partition coefficient (Wildman–Crippen LogP) is 4.32. The number of anilines is 2. The van der Waals surface area contributed by atoms with Gasteiger partial charge in [0, 0.05) is 49.4 Å². The van der Waals surface area contributed by atoms with Crippen molar-refractivity contribution in [3.63, 3.8) is 0 Å². The van der Waals surface area contributed by atoms with Gasteiger partial charge in [0.25, 0.3) is 0 Å². The maximum absolute atomic E-state index is 13.6. The molecule has 1 saturated heterocycles. The second-order valence-electron chi connectivity index (χ2n) is 8.22. The fourth-order valence-electron chi connectivity index (χ4n) is 4.55. The minimum Gasteiger partial charge on any atom is -0.383 e. The van der Waals surface area contributed by atoms with Crippen LogP contribution in [0.4, 0.5) is 20.3 Å². The van der Waals surface area contributed by atoms with E-state index in [1.807, 2.05) is 42.9 Å². The number of hydrogen-bond acceptors (Lipinski definition) is 4. The van der Waals surface area contributed by atoms with Crippen molar-refractivity contribution in [1.82, 2.24) is 14.5 Å². The van der Waals surface area contributed by atoms with Crippen LogP contribution in [0.1, 0.15) is 23.5 Å². The number of carbonyl (C=O) groups is 1. The monoisotopic (exact) mass is 433 g/mol. The molecule has 0 saturated carbocycles. The summed E-state index contributed by atoms with van der Waals surface area (Å²) < 4.78 is 29.2. The number of aromatic nitrogens is 3. The first-order valence-corrected chi connectivity index (χ1v) is 10.2. The first-order chi connectivity index (χ1) is 15.3. The molecule has 0 spiro atoms. The smallest absolute Gasteiger partial charge is 0.227 e. The lowest BCUT2D eigenvalue weighted by atomic mass is 9.98.